The van der Waals surface area contributed by atoms with Gasteiger partial charge in [0.15, 0.2) is 0 Å². The highest BCUT2D eigenvalue weighted by Gasteiger charge is 2.13. The maximum Gasteiger partial charge on any atom is 0.240 e. The van der Waals surface area contributed by atoms with Gasteiger partial charge in [0, 0.05) is 15.5 Å². The third-order valence-corrected chi connectivity index (χ3v) is 4.37. The number of primary sulfonamides is 1. The van der Waals surface area contributed by atoms with Crippen molar-refractivity contribution < 1.29 is 8.42 Å². The molecule has 0 aliphatic rings. The van der Waals surface area contributed by atoms with Crippen molar-refractivity contribution >= 4 is 33.2 Å². The zero-order valence-electron chi connectivity index (χ0n) is 9.91. The molecule has 0 aliphatic carbocycles. The predicted octanol–water partition coefficient (Wildman–Crippen LogP) is 1.65. The van der Waals surface area contributed by atoms with Crippen LogP contribution in [0, 0.1) is 0 Å². The van der Waals surface area contributed by atoms with E-state index in [9.17, 15) is 8.42 Å². The molecule has 2 rings (SSSR count). The van der Waals surface area contributed by atoms with E-state index in [1.54, 1.807) is 18.2 Å². The van der Waals surface area contributed by atoms with E-state index in [4.69, 9.17) is 16.6 Å². The van der Waals surface area contributed by atoms with Gasteiger partial charge in [0.25, 0.3) is 0 Å². The Morgan fingerprint density at radius 1 is 0.895 bits per heavy atom. The summed E-state index contributed by atoms with van der Waals surface area (Å²) in [6.45, 7) is 0. The second-order valence-electron chi connectivity index (χ2n) is 3.92. The Labute approximate surface area is 115 Å². The highest BCUT2D eigenvalue weighted by molar-refractivity contribution is 7.99. The monoisotopic (exact) mass is 295 g/mol. The standard InChI is InChI=1S/C12H13N3O2S2/c13-8-1-3-9(4-2-8)18-10-5-6-11(14)12(7-10)19(15,16)17/h1-7H,13-14H2,(H2,15,16,17). The van der Waals surface area contributed by atoms with Gasteiger partial charge in [-0.3, -0.25) is 0 Å². The quantitative estimate of drug-likeness (QED) is 0.745. The molecule has 0 spiro atoms. The zero-order chi connectivity index (χ0) is 14.0. The molecule has 0 saturated carbocycles. The summed E-state index contributed by atoms with van der Waals surface area (Å²) in [7, 11) is -3.81. The Bertz CT molecular complexity index is 697. The fraction of sp³-hybridized carbons (Fsp3) is 0. The predicted molar refractivity (Wildman–Crippen MR) is 77.2 cm³/mol. The van der Waals surface area contributed by atoms with Crippen molar-refractivity contribution in [2.75, 3.05) is 11.5 Å². The molecule has 6 N–H and O–H groups in total. The molecule has 0 bridgehead atoms. The van der Waals surface area contributed by atoms with Crippen LogP contribution in [0.3, 0.4) is 0 Å². The first-order chi connectivity index (χ1) is 8.86. The molecule has 0 aliphatic heterocycles. The van der Waals surface area contributed by atoms with Gasteiger partial charge in [-0.15, -0.1) is 0 Å². The van der Waals surface area contributed by atoms with Gasteiger partial charge in [0.1, 0.15) is 4.90 Å². The minimum atomic E-state index is -3.81. The van der Waals surface area contributed by atoms with E-state index in [0.717, 1.165) is 9.79 Å². The molecular formula is C12H13N3O2S2. The Kier molecular flexibility index (Phi) is 3.70. The third kappa shape index (κ3) is 3.40. The van der Waals surface area contributed by atoms with Crippen LogP contribution < -0.4 is 16.6 Å². The van der Waals surface area contributed by atoms with Gasteiger partial charge in [-0.1, -0.05) is 11.8 Å². The number of nitrogen functional groups attached to an aromatic ring is 2. The van der Waals surface area contributed by atoms with Crippen LogP contribution in [0.4, 0.5) is 11.4 Å². The molecule has 0 unspecified atom stereocenters. The lowest BCUT2D eigenvalue weighted by atomic mass is 10.3. The average Bonchev–Trinajstić information content (AvgIpc) is 2.33. The van der Waals surface area contributed by atoms with Crippen molar-refractivity contribution in [3.05, 3.63) is 42.5 Å². The van der Waals surface area contributed by atoms with Gasteiger partial charge in [0.05, 0.1) is 5.69 Å². The second kappa shape index (κ2) is 5.12. The molecular weight excluding hydrogens is 282 g/mol. The molecule has 0 amide bonds. The van der Waals surface area contributed by atoms with E-state index < -0.39 is 10.0 Å². The summed E-state index contributed by atoms with van der Waals surface area (Å²) >= 11 is 1.40. The molecule has 2 aromatic carbocycles. The van der Waals surface area contributed by atoms with Gasteiger partial charge >= 0.3 is 0 Å². The van der Waals surface area contributed by atoms with Gasteiger partial charge in [0.2, 0.25) is 10.0 Å². The number of anilines is 2. The lowest BCUT2D eigenvalue weighted by Gasteiger charge is -2.07. The van der Waals surface area contributed by atoms with Crippen LogP contribution in [0.5, 0.6) is 0 Å². The number of nitrogens with two attached hydrogens (primary N) is 3. The smallest absolute Gasteiger partial charge is 0.240 e. The van der Waals surface area contributed by atoms with Crippen molar-refractivity contribution in [1.82, 2.24) is 0 Å². The number of hydrogen-bond acceptors (Lipinski definition) is 5. The van der Waals surface area contributed by atoms with Crippen molar-refractivity contribution in [2.24, 2.45) is 5.14 Å². The first-order valence-corrected chi connectivity index (χ1v) is 7.68. The lowest BCUT2D eigenvalue weighted by Crippen LogP contribution is -2.14. The summed E-state index contributed by atoms with van der Waals surface area (Å²) in [6, 6.07) is 12.0. The van der Waals surface area contributed by atoms with Gasteiger partial charge in [-0.2, -0.15) is 0 Å². The average molecular weight is 295 g/mol. The normalized spacial score (nSPS) is 11.4. The van der Waals surface area contributed by atoms with Crippen LogP contribution in [0.1, 0.15) is 0 Å². The van der Waals surface area contributed by atoms with Crippen molar-refractivity contribution in [2.45, 2.75) is 14.7 Å². The molecule has 2 aromatic rings. The molecule has 7 heteroatoms. The Morgan fingerprint density at radius 2 is 1.47 bits per heavy atom. The molecule has 100 valence electrons. The zero-order valence-corrected chi connectivity index (χ0v) is 11.5. The minimum absolute atomic E-state index is 0.0621. The van der Waals surface area contributed by atoms with Crippen molar-refractivity contribution in [3.8, 4) is 0 Å². The lowest BCUT2D eigenvalue weighted by molar-refractivity contribution is 0.598. The molecule has 0 saturated heterocycles. The first kappa shape index (κ1) is 13.7. The topological polar surface area (TPSA) is 112 Å². The highest BCUT2D eigenvalue weighted by atomic mass is 32.2. The van der Waals surface area contributed by atoms with Gasteiger partial charge < -0.3 is 11.5 Å². The van der Waals surface area contributed by atoms with E-state index in [1.165, 1.54) is 23.9 Å². The van der Waals surface area contributed by atoms with Crippen LogP contribution in [0.25, 0.3) is 0 Å². The first-order valence-electron chi connectivity index (χ1n) is 5.32. The number of hydrogen-bond donors (Lipinski definition) is 3. The Balaban J connectivity index is 2.34. The minimum Gasteiger partial charge on any atom is -0.399 e. The Hall–Kier alpha value is -1.70. The summed E-state index contributed by atoms with van der Waals surface area (Å²) in [5.74, 6) is 0. The van der Waals surface area contributed by atoms with Crippen molar-refractivity contribution in [1.29, 1.82) is 0 Å². The van der Waals surface area contributed by atoms with E-state index in [2.05, 4.69) is 0 Å². The highest BCUT2D eigenvalue weighted by Crippen LogP contribution is 2.31. The summed E-state index contributed by atoms with van der Waals surface area (Å²) in [6.07, 6.45) is 0. The van der Waals surface area contributed by atoms with Crippen LogP contribution in [-0.4, -0.2) is 8.42 Å². The number of sulfonamides is 1. The van der Waals surface area contributed by atoms with Gasteiger partial charge in [-0.05, 0) is 42.5 Å². The second-order valence-corrected chi connectivity index (χ2v) is 6.59. The van der Waals surface area contributed by atoms with E-state index in [1.807, 2.05) is 12.1 Å². The summed E-state index contributed by atoms with van der Waals surface area (Å²) < 4.78 is 22.8. The molecule has 0 aromatic heterocycles. The number of benzene rings is 2. The molecule has 0 atom stereocenters. The van der Waals surface area contributed by atoms with Crippen LogP contribution in [-0.2, 0) is 10.0 Å². The fourth-order valence-corrected chi connectivity index (χ4v) is 3.12. The van der Waals surface area contributed by atoms with Crippen LogP contribution in [0.2, 0.25) is 0 Å². The SMILES string of the molecule is Nc1ccc(Sc2ccc(N)c(S(N)(=O)=O)c2)cc1. The largest absolute Gasteiger partial charge is 0.399 e. The fourth-order valence-electron chi connectivity index (χ4n) is 1.50. The Morgan fingerprint density at radius 3 is 2.05 bits per heavy atom. The van der Waals surface area contributed by atoms with Crippen LogP contribution in [0.15, 0.2) is 57.2 Å². The van der Waals surface area contributed by atoms with Crippen molar-refractivity contribution in [3.63, 3.8) is 0 Å². The molecule has 5 nitrogen and oxygen atoms in total. The maximum absolute atomic E-state index is 11.4. The molecule has 0 fully saturated rings. The molecule has 19 heavy (non-hydrogen) atoms. The van der Waals surface area contributed by atoms with E-state index in [0.29, 0.717) is 5.69 Å². The maximum atomic E-state index is 11.4. The van der Waals surface area contributed by atoms with E-state index >= 15 is 0 Å². The molecule has 0 heterocycles. The number of rotatable bonds is 3. The van der Waals surface area contributed by atoms with Gasteiger partial charge in [-0.25, -0.2) is 13.6 Å². The summed E-state index contributed by atoms with van der Waals surface area (Å²) in [4.78, 5) is 1.62. The summed E-state index contributed by atoms with van der Waals surface area (Å²) in [5, 5.41) is 5.11. The third-order valence-electron chi connectivity index (χ3n) is 2.41. The van der Waals surface area contributed by atoms with E-state index in [-0.39, 0.29) is 10.6 Å². The summed E-state index contributed by atoms with van der Waals surface area (Å²) in [5.41, 5.74) is 12.0. The van der Waals surface area contributed by atoms with Crippen LogP contribution >= 0.6 is 11.8 Å². The molecule has 0 radical (unpaired) electrons.